The molecule has 0 aliphatic heterocycles. The number of carbonyl (C=O) groups is 1. The van der Waals surface area contributed by atoms with E-state index in [1.54, 1.807) is 0 Å². The fourth-order valence-electron chi connectivity index (χ4n) is 0.129. The maximum atomic E-state index is 11.9. The second-order valence-corrected chi connectivity index (χ2v) is 3.55. The third-order valence-electron chi connectivity index (χ3n) is 0.487. The minimum absolute atomic E-state index is 1.13. The summed E-state index contributed by atoms with van der Waals surface area (Å²) in [6, 6.07) is 0. The van der Waals surface area contributed by atoms with Crippen molar-refractivity contribution < 1.29 is 13.6 Å². The molecule has 1 atom stereocenters. The summed E-state index contributed by atoms with van der Waals surface area (Å²) in [6.45, 7) is 0. The van der Waals surface area contributed by atoms with Gasteiger partial charge in [-0.15, -0.1) is 0 Å². The zero-order valence-corrected chi connectivity index (χ0v) is 7.80. The Labute approximate surface area is 72.0 Å². The van der Waals surface area contributed by atoms with E-state index in [1.165, 1.54) is 0 Å². The van der Waals surface area contributed by atoms with E-state index in [0.29, 0.717) is 0 Å². The third-order valence-corrected chi connectivity index (χ3v) is 3.03. The Bertz CT molecular complexity index is 123. The molecule has 9 heavy (non-hydrogen) atoms. The van der Waals surface area contributed by atoms with Gasteiger partial charge in [0.2, 0.25) is 5.24 Å². The number of hydrogen-bond donors (Lipinski definition) is 0. The van der Waals surface area contributed by atoms with Crippen LogP contribution in [0.4, 0.5) is 8.78 Å². The predicted octanol–water partition coefficient (Wildman–Crippen LogP) is 2.50. The Hall–Kier alpha value is 0.780. The fraction of sp³-hybridized carbons (Fsp3) is 0.667. The highest BCUT2D eigenvalue weighted by molar-refractivity contribution is 9.12. The molecule has 0 fully saturated rings. The van der Waals surface area contributed by atoms with E-state index in [4.69, 9.17) is 11.6 Å². The Morgan fingerprint density at radius 2 is 2.00 bits per heavy atom. The number of halogens is 5. The average Bonchev–Trinajstić information content (AvgIpc) is 1.62. The molecule has 0 spiro atoms. The Kier molecular flexibility index (Phi) is 3.54. The van der Waals surface area contributed by atoms with Crippen LogP contribution in [-0.4, -0.2) is 14.9 Å². The lowest BCUT2D eigenvalue weighted by molar-refractivity contribution is -0.113. The average molecular weight is 286 g/mol. The summed E-state index contributed by atoms with van der Waals surface area (Å²) in [6.07, 6.45) is 0. The standard InChI is InChI=1S/C3HBr2ClF2O/c4-1(2(6)9)3(5,7)8/h1H. The normalized spacial score (nSPS) is 15.2. The first-order valence-electron chi connectivity index (χ1n) is 1.76. The van der Waals surface area contributed by atoms with Crippen LogP contribution < -0.4 is 0 Å². The topological polar surface area (TPSA) is 17.1 Å². The van der Waals surface area contributed by atoms with Crippen LogP contribution in [-0.2, 0) is 4.79 Å². The number of hydrogen-bond acceptors (Lipinski definition) is 1. The van der Waals surface area contributed by atoms with E-state index in [0.717, 1.165) is 0 Å². The maximum absolute atomic E-state index is 11.9. The second-order valence-electron chi connectivity index (χ2n) is 1.21. The van der Waals surface area contributed by atoms with Crippen molar-refractivity contribution in [1.82, 2.24) is 0 Å². The molecule has 1 unspecified atom stereocenters. The molecule has 0 saturated carbocycles. The molecular weight excluding hydrogens is 285 g/mol. The van der Waals surface area contributed by atoms with Gasteiger partial charge in [-0.2, -0.15) is 8.78 Å². The van der Waals surface area contributed by atoms with Gasteiger partial charge in [-0.25, -0.2) is 0 Å². The van der Waals surface area contributed by atoms with Crippen molar-refractivity contribution >= 4 is 48.7 Å². The summed E-state index contributed by atoms with van der Waals surface area (Å²) >= 11 is 9.06. The van der Waals surface area contributed by atoms with Gasteiger partial charge in [-0.05, 0) is 27.5 Å². The summed E-state index contributed by atoms with van der Waals surface area (Å²) in [5.74, 6) is 0. The largest absolute Gasteiger partial charge is 0.321 e. The lowest BCUT2D eigenvalue weighted by Crippen LogP contribution is -2.26. The van der Waals surface area contributed by atoms with Gasteiger partial charge in [0.1, 0.15) is 0 Å². The molecule has 0 aliphatic carbocycles. The molecule has 0 aromatic carbocycles. The monoisotopic (exact) mass is 284 g/mol. The lowest BCUT2D eigenvalue weighted by atomic mass is 10.5. The van der Waals surface area contributed by atoms with Crippen LogP contribution in [0, 0.1) is 0 Å². The van der Waals surface area contributed by atoms with E-state index in [1.807, 2.05) is 15.9 Å². The Morgan fingerprint density at radius 1 is 1.67 bits per heavy atom. The first-order chi connectivity index (χ1) is 3.85. The van der Waals surface area contributed by atoms with Gasteiger partial charge in [0, 0.05) is 0 Å². The van der Waals surface area contributed by atoms with Crippen molar-refractivity contribution in [2.24, 2.45) is 0 Å². The zero-order valence-electron chi connectivity index (χ0n) is 3.88. The minimum Gasteiger partial charge on any atom is -0.280 e. The number of alkyl halides is 4. The molecule has 0 amide bonds. The van der Waals surface area contributed by atoms with Gasteiger partial charge in [0.05, 0.1) is 0 Å². The minimum atomic E-state index is -3.27. The highest BCUT2D eigenvalue weighted by Crippen LogP contribution is 2.32. The molecule has 1 nitrogen and oxygen atoms in total. The van der Waals surface area contributed by atoms with E-state index in [-0.39, 0.29) is 0 Å². The third kappa shape index (κ3) is 3.47. The SMILES string of the molecule is O=C(Cl)C(Br)C(F)(F)Br. The van der Waals surface area contributed by atoms with E-state index in [2.05, 4.69) is 15.9 Å². The van der Waals surface area contributed by atoms with Gasteiger partial charge in [0.25, 0.3) is 0 Å². The number of carbonyl (C=O) groups excluding carboxylic acids is 1. The van der Waals surface area contributed by atoms with Gasteiger partial charge < -0.3 is 0 Å². The van der Waals surface area contributed by atoms with Crippen LogP contribution >= 0.6 is 43.5 Å². The van der Waals surface area contributed by atoms with Gasteiger partial charge >= 0.3 is 4.83 Å². The summed E-state index contributed by atoms with van der Waals surface area (Å²) in [7, 11) is 0. The summed E-state index contributed by atoms with van der Waals surface area (Å²) in [4.78, 5) is 5.07. The molecule has 0 rings (SSSR count). The highest BCUT2D eigenvalue weighted by Gasteiger charge is 2.38. The molecule has 0 aromatic heterocycles. The van der Waals surface area contributed by atoms with Gasteiger partial charge in [0.15, 0.2) is 4.83 Å². The summed E-state index contributed by atoms with van der Waals surface area (Å²) in [5.41, 5.74) is 0. The molecular formula is C3HBr2ClF2O. The molecule has 0 aliphatic rings. The molecule has 0 N–H and O–H groups in total. The smallest absolute Gasteiger partial charge is 0.280 e. The molecule has 0 heterocycles. The van der Waals surface area contributed by atoms with Crippen molar-refractivity contribution in [2.75, 3.05) is 0 Å². The van der Waals surface area contributed by atoms with Crippen LogP contribution in [0.2, 0.25) is 0 Å². The Balaban J connectivity index is 4.04. The second kappa shape index (κ2) is 3.25. The van der Waals surface area contributed by atoms with Crippen LogP contribution in [0.1, 0.15) is 0 Å². The predicted molar refractivity (Wildman–Crippen MR) is 37.4 cm³/mol. The van der Waals surface area contributed by atoms with Crippen molar-refractivity contribution in [3.05, 3.63) is 0 Å². The lowest BCUT2D eigenvalue weighted by Gasteiger charge is -2.09. The molecule has 0 saturated heterocycles. The first kappa shape index (κ1) is 9.78. The van der Waals surface area contributed by atoms with Crippen molar-refractivity contribution in [2.45, 2.75) is 9.66 Å². The van der Waals surface area contributed by atoms with Crippen molar-refractivity contribution in [3.8, 4) is 0 Å². The molecule has 0 bridgehead atoms. The van der Waals surface area contributed by atoms with Crippen LogP contribution in [0.5, 0.6) is 0 Å². The molecule has 0 aromatic rings. The van der Waals surface area contributed by atoms with Crippen molar-refractivity contribution in [1.29, 1.82) is 0 Å². The van der Waals surface area contributed by atoms with Gasteiger partial charge in [-0.1, -0.05) is 15.9 Å². The zero-order chi connectivity index (χ0) is 7.65. The maximum Gasteiger partial charge on any atom is 0.321 e. The fourth-order valence-corrected chi connectivity index (χ4v) is 0.605. The molecule has 0 radical (unpaired) electrons. The van der Waals surface area contributed by atoms with E-state index >= 15 is 0 Å². The number of rotatable bonds is 2. The molecule has 6 heteroatoms. The van der Waals surface area contributed by atoms with E-state index in [9.17, 15) is 13.6 Å². The quantitative estimate of drug-likeness (QED) is 0.563. The molecule has 54 valence electrons. The first-order valence-corrected chi connectivity index (χ1v) is 3.84. The van der Waals surface area contributed by atoms with Gasteiger partial charge in [-0.3, -0.25) is 4.79 Å². The van der Waals surface area contributed by atoms with Crippen LogP contribution in [0.25, 0.3) is 0 Å². The van der Waals surface area contributed by atoms with Crippen molar-refractivity contribution in [3.63, 3.8) is 0 Å². The Morgan fingerprint density at radius 3 is 2.00 bits per heavy atom. The summed E-state index contributed by atoms with van der Waals surface area (Å²) < 4.78 is 23.9. The van der Waals surface area contributed by atoms with E-state index < -0.39 is 14.9 Å². The van der Waals surface area contributed by atoms with Crippen LogP contribution in [0.3, 0.4) is 0 Å². The van der Waals surface area contributed by atoms with Crippen LogP contribution in [0.15, 0.2) is 0 Å². The summed E-state index contributed by atoms with van der Waals surface area (Å²) in [5, 5.41) is -1.13. The highest BCUT2D eigenvalue weighted by atomic mass is 79.9.